The molecular formula is C13H16BrNO. The van der Waals surface area contributed by atoms with Crippen LogP contribution in [0.4, 0.5) is 0 Å². The van der Waals surface area contributed by atoms with Gasteiger partial charge in [0, 0.05) is 18.1 Å². The Labute approximate surface area is 105 Å². The number of carbonyl (C=O) groups excluding carboxylic acids is 1. The number of hydrogen-bond donors (Lipinski definition) is 0. The Morgan fingerprint density at radius 1 is 1.50 bits per heavy atom. The maximum Gasteiger partial charge on any atom is 0.254 e. The molecule has 2 unspecified atom stereocenters. The average Bonchev–Trinajstić information content (AvgIpc) is 2.94. The standard InChI is InChI=1S/C13H16BrNO/c1-9-7-10(9)8-15(2)13(16)11-5-3-4-6-12(11)14/h3-6,9-10H,7-8H2,1-2H3. The van der Waals surface area contributed by atoms with Crippen molar-refractivity contribution in [3.63, 3.8) is 0 Å². The Morgan fingerprint density at radius 3 is 2.69 bits per heavy atom. The van der Waals surface area contributed by atoms with E-state index in [1.165, 1.54) is 6.42 Å². The van der Waals surface area contributed by atoms with Crippen LogP contribution in [-0.4, -0.2) is 24.4 Å². The smallest absolute Gasteiger partial charge is 0.254 e. The van der Waals surface area contributed by atoms with E-state index in [0.717, 1.165) is 22.5 Å². The molecule has 1 aliphatic carbocycles. The van der Waals surface area contributed by atoms with Gasteiger partial charge in [0.1, 0.15) is 0 Å². The van der Waals surface area contributed by atoms with Crippen LogP contribution in [0.2, 0.25) is 0 Å². The molecule has 1 saturated carbocycles. The normalized spacial score (nSPS) is 22.9. The van der Waals surface area contributed by atoms with Crippen LogP contribution in [0.3, 0.4) is 0 Å². The number of rotatable bonds is 3. The summed E-state index contributed by atoms with van der Waals surface area (Å²) in [4.78, 5) is 14.0. The highest BCUT2D eigenvalue weighted by Crippen LogP contribution is 2.38. The Balaban J connectivity index is 2.04. The summed E-state index contributed by atoms with van der Waals surface area (Å²) in [5.74, 6) is 1.59. The van der Waals surface area contributed by atoms with Gasteiger partial charge in [0.05, 0.1) is 5.56 Å². The fourth-order valence-electron chi connectivity index (χ4n) is 1.93. The second kappa shape index (κ2) is 4.58. The summed E-state index contributed by atoms with van der Waals surface area (Å²) < 4.78 is 0.871. The summed E-state index contributed by atoms with van der Waals surface area (Å²) >= 11 is 3.41. The summed E-state index contributed by atoms with van der Waals surface area (Å²) in [5.41, 5.74) is 0.748. The predicted octanol–water partition coefficient (Wildman–Crippen LogP) is 3.18. The van der Waals surface area contributed by atoms with E-state index in [1.807, 2.05) is 36.2 Å². The van der Waals surface area contributed by atoms with E-state index in [9.17, 15) is 4.79 Å². The van der Waals surface area contributed by atoms with Crippen LogP contribution in [0.5, 0.6) is 0 Å². The van der Waals surface area contributed by atoms with Crippen molar-refractivity contribution in [2.24, 2.45) is 11.8 Å². The molecule has 0 spiro atoms. The SMILES string of the molecule is CC1CC1CN(C)C(=O)c1ccccc1Br. The zero-order chi connectivity index (χ0) is 11.7. The molecule has 1 aromatic rings. The van der Waals surface area contributed by atoms with Crippen molar-refractivity contribution in [3.05, 3.63) is 34.3 Å². The Hall–Kier alpha value is -0.830. The van der Waals surface area contributed by atoms with Crippen molar-refractivity contribution in [1.82, 2.24) is 4.90 Å². The molecule has 2 nitrogen and oxygen atoms in total. The third-order valence-corrected chi connectivity index (χ3v) is 3.93. The molecule has 1 fully saturated rings. The number of nitrogens with zero attached hydrogens (tertiary/aromatic N) is 1. The van der Waals surface area contributed by atoms with Gasteiger partial charge in [0.25, 0.3) is 5.91 Å². The van der Waals surface area contributed by atoms with Crippen LogP contribution >= 0.6 is 15.9 Å². The molecule has 86 valence electrons. The highest BCUT2D eigenvalue weighted by Gasteiger charge is 2.34. The van der Waals surface area contributed by atoms with Crippen molar-refractivity contribution in [2.45, 2.75) is 13.3 Å². The number of carbonyl (C=O) groups is 1. The number of amides is 1. The minimum atomic E-state index is 0.103. The minimum Gasteiger partial charge on any atom is -0.341 e. The number of halogens is 1. The lowest BCUT2D eigenvalue weighted by molar-refractivity contribution is 0.0786. The topological polar surface area (TPSA) is 20.3 Å². The van der Waals surface area contributed by atoms with Crippen LogP contribution in [0.1, 0.15) is 23.7 Å². The van der Waals surface area contributed by atoms with Gasteiger partial charge < -0.3 is 4.90 Å². The van der Waals surface area contributed by atoms with Crippen LogP contribution in [0.15, 0.2) is 28.7 Å². The maximum atomic E-state index is 12.1. The lowest BCUT2D eigenvalue weighted by atomic mass is 10.2. The van der Waals surface area contributed by atoms with Crippen molar-refractivity contribution in [2.75, 3.05) is 13.6 Å². The number of benzene rings is 1. The summed E-state index contributed by atoms with van der Waals surface area (Å²) in [6, 6.07) is 7.58. The van der Waals surface area contributed by atoms with E-state index in [2.05, 4.69) is 22.9 Å². The molecule has 0 aromatic heterocycles. The van der Waals surface area contributed by atoms with Gasteiger partial charge in [0.15, 0.2) is 0 Å². The maximum absolute atomic E-state index is 12.1. The fourth-order valence-corrected chi connectivity index (χ4v) is 2.38. The molecule has 0 saturated heterocycles. The lowest BCUT2D eigenvalue weighted by Gasteiger charge is -2.17. The van der Waals surface area contributed by atoms with E-state index in [-0.39, 0.29) is 5.91 Å². The van der Waals surface area contributed by atoms with Gasteiger partial charge in [-0.05, 0) is 46.3 Å². The van der Waals surface area contributed by atoms with Gasteiger partial charge in [0.2, 0.25) is 0 Å². The van der Waals surface area contributed by atoms with Crippen molar-refractivity contribution < 1.29 is 4.79 Å². The summed E-state index contributed by atoms with van der Waals surface area (Å²) in [7, 11) is 1.88. The van der Waals surface area contributed by atoms with Gasteiger partial charge in [-0.15, -0.1) is 0 Å². The molecule has 0 heterocycles. The van der Waals surface area contributed by atoms with Gasteiger partial charge >= 0.3 is 0 Å². The first-order valence-electron chi connectivity index (χ1n) is 5.59. The van der Waals surface area contributed by atoms with Crippen LogP contribution in [0.25, 0.3) is 0 Å². The van der Waals surface area contributed by atoms with Crippen LogP contribution in [0, 0.1) is 11.8 Å². The largest absolute Gasteiger partial charge is 0.341 e. The summed E-state index contributed by atoms with van der Waals surface area (Å²) in [6.45, 7) is 3.11. The van der Waals surface area contributed by atoms with Gasteiger partial charge in [-0.1, -0.05) is 19.1 Å². The van der Waals surface area contributed by atoms with Gasteiger partial charge in [-0.25, -0.2) is 0 Å². The van der Waals surface area contributed by atoms with Crippen molar-refractivity contribution >= 4 is 21.8 Å². The molecule has 0 N–H and O–H groups in total. The third kappa shape index (κ3) is 2.46. The van der Waals surface area contributed by atoms with E-state index < -0.39 is 0 Å². The van der Waals surface area contributed by atoms with Crippen LogP contribution < -0.4 is 0 Å². The summed E-state index contributed by atoms with van der Waals surface area (Å²) in [5, 5.41) is 0. The van der Waals surface area contributed by atoms with E-state index >= 15 is 0 Å². The zero-order valence-electron chi connectivity index (χ0n) is 9.61. The average molecular weight is 282 g/mol. The first-order valence-corrected chi connectivity index (χ1v) is 6.39. The highest BCUT2D eigenvalue weighted by atomic mass is 79.9. The molecule has 1 aromatic carbocycles. The Kier molecular flexibility index (Phi) is 3.33. The molecule has 2 rings (SSSR count). The fraction of sp³-hybridized carbons (Fsp3) is 0.462. The molecule has 0 radical (unpaired) electrons. The lowest BCUT2D eigenvalue weighted by Crippen LogP contribution is -2.29. The third-order valence-electron chi connectivity index (χ3n) is 3.24. The van der Waals surface area contributed by atoms with Gasteiger partial charge in [-0.3, -0.25) is 4.79 Å². The molecule has 16 heavy (non-hydrogen) atoms. The monoisotopic (exact) mass is 281 g/mol. The van der Waals surface area contributed by atoms with Gasteiger partial charge in [-0.2, -0.15) is 0 Å². The summed E-state index contributed by atoms with van der Waals surface area (Å²) in [6.07, 6.45) is 1.26. The predicted molar refractivity (Wildman–Crippen MR) is 68.4 cm³/mol. The molecule has 1 aliphatic rings. The highest BCUT2D eigenvalue weighted by molar-refractivity contribution is 9.10. The first-order chi connectivity index (χ1) is 7.59. The second-order valence-electron chi connectivity index (χ2n) is 4.64. The first kappa shape index (κ1) is 11.6. The number of hydrogen-bond acceptors (Lipinski definition) is 1. The molecular weight excluding hydrogens is 266 g/mol. The van der Waals surface area contributed by atoms with E-state index in [0.29, 0.717) is 5.92 Å². The molecule has 2 atom stereocenters. The quantitative estimate of drug-likeness (QED) is 0.833. The van der Waals surface area contributed by atoms with E-state index in [1.54, 1.807) is 0 Å². The Morgan fingerprint density at radius 2 is 2.12 bits per heavy atom. The van der Waals surface area contributed by atoms with Crippen molar-refractivity contribution in [3.8, 4) is 0 Å². The van der Waals surface area contributed by atoms with Crippen molar-refractivity contribution in [1.29, 1.82) is 0 Å². The molecule has 1 amide bonds. The van der Waals surface area contributed by atoms with E-state index in [4.69, 9.17) is 0 Å². The van der Waals surface area contributed by atoms with Crippen LogP contribution in [-0.2, 0) is 0 Å². The molecule has 3 heteroatoms. The zero-order valence-corrected chi connectivity index (χ0v) is 11.2. The molecule has 0 bridgehead atoms. The minimum absolute atomic E-state index is 0.103. The molecule has 0 aliphatic heterocycles. The Bertz CT molecular complexity index is 405. The second-order valence-corrected chi connectivity index (χ2v) is 5.49.